The van der Waals surface area contributed by atoms with Crippen molar-refractivity contribution in [1.29, 1.82) is 0 Å². The van der Waals surface area contributed by atoms with Crippen LogP contribution >= 0.6 is 11.8 Å². The largest absolute Gasteiger partial charge is 0.497 e. The van der Waals surface area contributed by atoms with Crippen molar-refractivity contribution in [1.82, 2.24) is 14.8 Å². The molecule has 2 unspecified atom stereocenters. The fourth-order valence-electron chi connectivity index (χ4n) is 4.64. The molecule has 0 bridgehead atoms. The smallest absolute Gasteiger partial charge is 0.271 e. The average molecular weight is 455 g/mol. The van der Waals surface area contributed by atoms with E-state index in [1.165, 1.54) is 11.8 Å². The van der Waals surface area contributed by atoms with Gasteiger partial charge in [0.05, 0.1) is 34.6 Å². The molecule has 0 spiro atoms. The molecule has 2 aliphatic rings. The van der Waals surface area contributed by atoms with Crippen molar-refractivity contribution in [3.8, 4) is 5.75 Å². The summed E-state index contributed by atoms with van der Waals surface area (Å²) >= 11 is 1.43. The monoisotopic (exact) mass is 454 g/mol. The van der Waals surface area contributed by atoms with Gasteiger partial charge in [-0.15, -0.1) is 0 Å². The van der Waals surface area contributed by atoms with Gasteiger partial charge in [0.1, 0.15) is 5.75 Å². The summed E-state index contributed by atoms with van der Waals surface area (Å²) in [7, 11) is 1.61. The fraction of sp³-hybridized carbons (Fsp3) is 0.435. The Kier molecular flexibility index (Phi) is 5.05. The van der Waals surface area contributed by atoms with Gasteiger partial charge >= 0.3 is 0 Å². The maximum absolute atomic E-state index is 13.1. The Morgan fingerprint density at radius 2 is 2.06 bits per heavy atom. The Morgan fingerprint density at radius 1 is 1.25 bits per heavy atom. The van der Waals surface area contributed by atoms with Gasteiger partial charge in [-0.2, -0.15) is 0 Å². The molecule has 2 N–H and O–H groups in total. The van der Waals surface area contributed by atoms with E-state index in [0.717, 1.165) is 28.8 Å². The molecule has 2 atom stereocenters. The van der Waals surface area contributed by atoms with E-state index >= 15 is 0 Å². The number of rotatable bonds is 3. The highest BCUT2D eigenvalue weighted by Crippen LogP contribution is 2.45. The first-order valence-electron chi connectivity index (χ1n) is 10.7. The average Bonchev–Trinajstić information content (AvgIpc) is 3.08. The van der Waals surface area contributed by atoms with E-state index in [-0.39, 0.29) is 22.8 Å². The summed E-state index contributed by atoms with van der Waals surface area (Å²) in [6, 6.07) is 7.44. The molecule has 2 aliphatic heterocycles. The van der Waals surface area contributed by atoms with Crippen molar-refractivity contribution < 1.29 is 9.47 Å². The predicted octanol–water partition coefficient (Wildman–Crippen LogP) is 4.04. The molecule has 9 heteroatoms. The number of benzene rings is 1. The van der Waals surface area contributed by atoms with Crippen molar-refractivity contribution in [2.75, 3.05) is 13.7 Å². The normalized spacial score (nSPS) is 22.4. The maximum Gasteiger partial charge on any atom is 0.271 e. The molecule has 168 valence electrons. The number of hydrogen-bond donors (Lipinski definition) is 2. The van der Waals surface area contributed by atoms with Crippen molar-refractivity contribution in [2.45, 2.75) is 50.5 Å². The number of thioether (sulfide) groups is 1. The summed E-state index contributed by atoms with van der Waals surface area (Å²) in [5, 5.41) is 4.23. The van der Waals surface area contributed by atoms with Crippen molar-refractivity contribution in [2.24, 2.45) is 4.99 Å². The van der Waals surface area contributed by atoms with Crippen LogP contribution < -0.4 is 15.9 Å². The number of nitrogens with zero attached hydrogens (tertiary/aromatic N) is 2. The second-order valence-electron chi connectivity index (χ2n) is 8.94. The highest BCUT2D eigenvalue weighted by Gasteiger charge is 2.36. The van der Waals surface area contributed by atoms with Crippen molar-refractivity contribution in [3.05, 3.63) is 56.1 Å². The first-order chi connectivity index (χ1) is 15.3. The lowest BCUT2D eigenvalue weighted by atomic mass is 9.94. The lowest BCUT2D eigenvalue weighted by Crippen LogP contribution is -2.35. The minimum Gasteiger partial charge on any atom is -0.497 e. The first-order valence-corrected chi connectivity index (χ1v) is 11.5. The van der Waals surface area contributed by atoms with Crippen molar-refractivity contribution in [3.63, 3.8) is 0 Å². The quantitative estimate of drug-likeness (QED) is 0.622. The Hall–Kier alpha value is -2.78. The molecule has 1 aromatic carbocycles. The molecule has 0 saturated carbocycles. The van der Waals surface area contributed by atoms with Crippen LogP contribution in [0.4, 0.5) is 5.82 Å². The number of aromatic nitrogens is 3. The highest BCUT2D eigenvalue weighted by atomic mass is 32.2. The molecule has 2 aromatic heterocycles. The number of nitrogens with one attached hydrogen (secondary N) is 2. The van der Waals surface area contributed by atoms with E-state index in [0.29, 0.717) is 29.3 Å². The summed E-state index contributed by atoms with van der Waals surface area (Å²) in [5.41, 5.74) is 1.09. The van der Waals surface area contributed by atoms with Gasteiger partial charge in [0.15, 0.2) is 5.82 Å². The van der Waals surface area contributed by atoms with Gasteiger partial charge in [0, 0.05) is 23.1 Å². The van der Waals surface area contributed by atoms with Gasteiger partial charge in [0.25, 0.3) is 11.1 Å². The maximum atomic E-state index is 13.1. The Morgan fingerprint density at radius 3 is 2.81 bits per heavy atom. The SMILES string of the molecule is COc1ccc2[nH]c(=O)c(C3SC(C)=Nc4c3c(=O)[nH]n4C3CCOC(C)(C)C3)cc2c1. The van der Waals surface area contributed by atoms with Crippen LogP contribution in [0.3, 0.4) is 0 Å². The van der Waals surface area contributed by atoms with Gasteiger partial charge in [-0.3, -0.25) is 19.4 Å². The summed E-state index contributed by atoms with van der Waals surface area (Å²) in [4.78, 5) is 33.8. The molecule has 0 radical (unpaired) electrons. The number of H-pyrrole nitrogens is 2. The summed E-state index contributed by atoms with van der Waals surface area (Å²) < 4.78 is 13.1. The molecule has 1 fully saturated rings. The fourth-order valence-corrected chi connectivity index (χ4v) is 5.75. The van der Waals surface area contributed by atoms with Crippen LogP contribution in [-0.2, 0) is 4.74 Å². The topological polar surface area (TPSA) is 101 Å². The van der Waals surface area contributed by atoms with E-state index < -0.39 is 5.25 Å². The molecule has 4 heterocycles. The predicted molar refractivity (Wildman–Crippen MR) is 127 cm³/mol. The summed E-state index contributed by atoms with van der Waals surface area (Å²) in [6.45, 7) is 6.65. The number of hydrogen-bond acceptors (Lipinski definition) is 6. The summed E-state index contributed by atoms with van der Waals surface area (Å²) in [6.07, 6.45) is 1.57. The number of aliphatic imine (C=N–C) groups is 1. The summed E-state index contributed by atoms with van der Waals surface area (Å²) in [5.74, 6) is 1.32. The van der Waals surface area contributed by atoms with Crippen LogP contribution in [-0.4, -0.2) is 39.1 Å². The van der Waals surface area contributed by atoms with Gasteiger partial charge in [-0.05, 0) is 57.9 Å². The molecule has 0 amide bonds. The minimum atomic E-state index is -0.445. The van der Waals surface area contributed by atoms with Crippen LogP contribution in [0.1, 0.15) is 56.0 Å². The van der Waals surface area contributed by atoms with Gasteiger partial charge in [0.2, 0.25) is 0 Å². The van der Waals surface area contributed by atoms with Crippen LogP contribution in [0, 0.1) is 0 Å². The molecule has 1 saturated heterocycles. The lowest BCUT2D eigenvalue weighted by molar-refractivity contribution is -0.0705. The second kappa shape index (κ2) is 7.67. The number of pyridine rings is 1. The standard InChI is InChI=1S/C23H26N4O4S/c1-12-24-20-18(22(29)26-27(20)14-7-8-31-23(2,3)11-14)19(32-12)16-10-13-9-15(30-4)5-6-17(13)25-21(16)28/h5-6,9-10,14,19H,7-8,11H2,1-4H3,(H,25,28)(H,26,29). The molecular formula is C23H26N4O4S. The van der Waals surface area contributed by atoms with E-state index in [9.17, 15) is 9.59 Å². The highest BCUT2D eigenvalue weighted by molar-refractivity contribution is 8.14. The van der Waals surface area contributed by atoms with Crippen LogP contribution in [0.2, 0.25) is 0 Å². The van der Waals surface area contributed by atoms with Crippen LogP contribution in [0.5, 0.6) is 5.75 Å². The van der Waals surface area contributed by atoms with Crippen LogP contribution in [0.15, 0.2) is 38.8 Å². The zero-order chi connectivity index (χ0) is 22.6. The molecule has 8 nitrogen and oxygen atoms in total. The second-order valence-corrected chi connectivity index (χ2v) is 10.2. The van der Waals surface area contributed by atoms with Crippen molar-refractivity contribution >= 4 is 33.5 Å². The zero-order valence-corrected chi connectivity index (χ0v) is 19.3. The molecular weight excluding hydrogens is 428 g/mol. The number of methoxy groups -OCH3 is 1. The first kappa shape index (κ1) is 21.1. The Labute approximate surface area is 189 Å². The number of ether oxygens (including phenoxy) is 2. The van der Waals surface area contributed by atoms with E-state index in [4.69, 9.17) is 14.5 Å². The number of aromatic amines is 2. The molecule has 5 rings (SSSR count). The number of fused-ring (bicyclic) bond motifs is 2. The van der Waals surface area contributed by atoms with E-state index in [1.807, 2.05) is 35.9 Å². The van der Waals surface area contributed by atoms with Crippen LogP contribution in [0.25, 0.3) is 10.9 Å². The minimum absolute atomic E-state index is 0.0784. The van der Waals surface area contributed by atoms with Gasteiger partial charge < -0.3 is 14.5 Å². The third-order valence-electron chi connectivity index (χ3n) is 6.15. The third kappa shape index (κ3) is 3.59. The third-order valence-corrected chi connectivity index (χ3v) is 7.31. The molecule has 32 heavy (non-hydrogen) atoms. The zero-order valence-electron chi connectivity index (χ0n) is 18.5. The van der Waals surface area contributed by atoms with E-state index in [2.05, 4.69) is 23.9 Å². The Balaban J connectivity index is 1.64. The van der Waals surface area contributed by atoms with Gasteiger partial charge in [-0.1, -0.05) is 11.8 Å². The Bertz CT molecular complexity index is 1350. The molecule has 3 aromatic rings. The lowest BCUT2D eigenvalue weighted by Gasteiger charge is -2.36. The molecule has 0 aliphatic carbocycles. The van der Waals surface area contributed by atoms with Gasteiger partial charge in [-0.25, -0.2) is 4.99 Å². The van der Waals surface area contributed by atoms with E-state index in [1.54, 1.807) is 7.11 Å².